The van der Waals surface area contributed by atoms with Gasteiger partial charge in [-0.25, -0.2) is 4.79 Å². The number of anilines is 1. The maximum atomic E-state index is 11.8. The molecule has 0 spiro atoms. The number of halogens is 1. The SMILES string of the molecule is CCc1cc(C(=O)OC)c(NC(=S)NCCn2cc(Br)cn2)s1. The molecule has 2 heterocycles. The number of rotatable bonds is 6. The van der Waals surface area contributed by atoms with Gasteiger partial charge in [-0.2, -0.15) is 5.10 Å². The first-order valence-corrected chi connectivity index (χ1v) is 8.99. The third-order valence-corrected chi connectivity index (χ3v) is 4.84. The molecule has 0 atom stereocenters. The summed E-state index contributed by atoms with van der Waals surface area (Å²) in [7, 11) is 1.37. The number of carbonyl (C=O) groups excluding carboxylic acids is 1. The van der Waals surface area contributed by atoms with Gasteiger partial charge in [-0.05, 0) is 40.6 Å². The fourth-order valence-electron chi connectivity index (χ4n) is 1.86. The van der Waals surface area contributed by atoms with Crippen LogP contribution in [-0.2, 0) is 17.7 Å². The summed E-state index contributed by atoms with van der Waals surface area (Å²) in [4.78, 5) is 12.9. The average molecular weight is 417 g/mol. The Morgan fingerprint density at radius 1 is 1.57 bits per heavy atom. The molecule has 2 aromatic rings. The molecular formula is C14H17BrN4O2S2. The summed E-state index contributed by atoms with van der Waals surface area (Å²) in [5.41, 5.74) is 0.509. The fraction of sp³-hybridized carbons (Fsp3) is 0.357. The van der Waals surface area contributed by atoms with Crippen molar-refractivity contribution in [3.8, 4) is 0 Å². The minimum Gasteiger partial charge on any atom is -0.465 e. The number of thiocarbonyl (C=S) groups is 1. The Bertz CT molecular complexity index is 699. The van der Waals surface area contributed by atoms with Crippen LogP contribution in [0.2, 0.25) is 0 Å². The van der Waals surface area contributed by atoms with Gasteiger partial charge in [0.1, 0.15) is 5.00 Å². The van der Waals surface area contributed by atoms with Gasteiger partial charge in [0.25, 0.3) is 0 Å². The van der Waals surface area contributed by atoms with Crippen LogP contribution in [0.1, 0.15) is 22.2 Å². The van der Waals surface area contributed by atoms with E-state index in [0.717, 1.165) is 15.8 Å². The molecule has 124 valence electrons. The highest BCUT2D eigenvalue weighted by atomic mass is 79.9. The Labute approximate surface area is 152 Å². The molecule has 9 heteroatoms. The van der Waals surface area contributed by atoms with Gasteiger partial charge in [0.05, 0.1) is 29.9 Å². The molecule has 0 aromatic carbocycles. The molecule has 0 saturated heterocycles. The minimum absolute atomic E-state index is 0.368. The number of nitrogens with zero attached hydrogens (tertiary/aromatic N) is 2. The van der Waals surface area contributed by atoms with Crippen molar-refractivity contribution in [1.82, 2.24) is 15.1 Å². The average Bonchev–Trinajstić information content (AvgIpc) is 3.12. The van der Waals surface area contributed by atoms with Crippen LogP contribution in [-0.4, -0.2) is 34.5 Å². The topological polar surface area (TPSA) is 68.2 Å². The van der Waals surface area contributed by atoms with Crippen molar-refractivity contribution in [3.05, 3.63) is 33.4 Å². The van der Waals surface area contributed by atoms with E-state index in [1.165, 1.54) is 18.4 Å². The lowest BCUT2D eigenvalue weighted by atomic mass is 10.2. The molecule has 0 fully saturated rings. The van der Waals surface area contributed by atoms with E-state index in [2.05, 4.69) is 31.7 Å². The Hall–Kier alpha value is -1.45. The van der Waals surface area contributed by atoms with E-state index in [4.69, 9.17) is 17.0 Å². The summed E-state index contributed by atoms with van der Waals surface area (Å²) in [6, 6.07) is 1.84. The number of aryl methyl sites for hydroxylation is 1. The lowest BCUT2D eigenvalue weighted by molar-refractivity contribution is 0.0602. The van der Waals surface area contributed by atoms with Crippen molar-refractivity contribution in [2.45, 2.75) is 19.9 Å². The quantitative estimate of drug-likeness (QED) is 0.556. The van der Waals surface area contributed by atoms with Gasteiger partial charge >= 0.3 is 5.97 Å². The van der Waals surface area contributed by atoms with Gasteiger partial charge in [-0.15, -0.1) is 11.3 Å². The van der Waals surface area contributed by atoms with Gasteiger partial charge in [-0.3, -0.25) is 4.68 Å². The molecule has 0 bridgehead atoms. The molecule has 2 rings (SSSR count). The number of methoxy groups -OCH3 is 1. The number of carbonyl (C=O) groups is 1. The molecular weight excluding hydrogens is 400 g/mol. The van der Waals surface area contributed by atoms with Crippen LogP contribution >= 0.6 is 39.5 Å². The molecule has 2 aromatic heterocycles. The van der Waals surface area contributed by atoms with Crippen LogP contribution < -0.4 is 10.6 Å². The van der Waals surface area contributed by atoms with E-state index in [1.54, 1.807) is 10.9 Å². The number of hydrogen-bond acceptors (Lipinski definition) is 5. The highest BCUT2D eigenvalue weighted by molar-refractivity contribution is 9.10. The Morgan fingerprint density at radius 2 is 2.35 bits per heavy atom. The second kappa shape index (κ2) is 8.42. The standard InChI is InChI=1S/C14H17BrN4O2S2/c1-3-10-6-11(13(20)21-2)12(23-10)18-14(22)16-4-5-19-8-9(15)7-17-19/h6-8H,3-5H2,1-2H3,(H2,16,18,22). The second-order valence-corrected chi connectivity index (χ2v) is 7.06. The number of ether oxygens (including phenoxy) is 1. The molecule has 0 aliphatic carbocycles. The zero-order valence-electron chi connectivity index (χ0n) is 12.8. The van der Waals surface area contributed by atoms with Crippen LogP contribution in [0.3, 0.4) is 0 Å². The van der Waals surface area contributed by atoms with Crippen molar-refractivity contribution in [1.29, 1.82) is 0 Å². The van der Waals surface area contributed by atoms with E-state index < -0.39 is 0 Å². The smallest absolute Gasteiger partial charge is 0.340 e. The third kappa shape index (κ3) is 5.02. The predicted octanol–water partition coefficient (Wildman–Crippen LogP) is 3.04. The first-order chi connectivity index (χ1) is 11.0. The van der Waals surface area contributed by atoms with Crippen LogP contribution in [0.25, 0.3) is 0 Å². The van der Waals surface area contributed by atoms with Gasteiger partial charge in [-0.1, -0.05) is 6.92 Å². The maximum absolute atomic E-state index is 11.8. The first kappa shape index (κ1) is 17.9. The molecule has 23 heavy (non-hydrogen) atoms. The molecule has 0 unspecified atom stereocenters. The molecule has 0 amide bonds. The van der Waals surface area contributed by atoms with Gasteiger partial charge in [0.2, 0.25) is 0 Å². The highest BCUT2D eigenvalue weighted by Crippen LogP contribution is 2.29. The van der Waals surface area contributed by atoms with Crippen LogP contribution in [0, 0.1) is 0 Å². The molecule has 0 radical (unpaired) electrons. The summed E-state index contributed by atoms with van der Waals surface area (Å²) in [5.74, 6) is -0.368. The molecule has 0 aliphatic heterocycles. The van der Waals surface area contributed by atoms with Crippen LogP contribution in [0.15, 0.2) is 22.9 Å². The van der Waals surface area contributed by atoms with E-state index in [1.807, 2.05) is 19.2 Å². The Morgan fingerprint density at radius 3 is 2.96 bits per heavy atom. The Kier molecular flexibility index (Phi) is 6.55. The number of nitrogens with one attached hydrogen (secondary N) is 2. The number of thiophene rings is 1. The number of esters is 1. The normalized spacial score (nSPS) is 10.4. The number of hydrogen-bond donors (Lipinski definition) is 2. The van der Waals surface area contributed by atoms with E-state index >= 15 is 0 Å². The van der Waals surface area contributed by atoms with E-state index in [0.29, 0.717) is 28.8 Å². The van der Waals surface area contributed by atoms with Crippen molar-refractivity contribution < 1.29 is 9.53 Å². The molecule has 6 nitrogen and oxygen atoms in total. The minimum atomic E-state index is -0.368. The lowest BCUT2D eigenvalue weighted by Gasteiger charge is -2.10. The predicted molar refractivity (Wildman–Crippen MR) is 99.2 cm³/mol. The van der Waals surface area contributed by atoms with Crippen molar-refractivity contribution in [2.75, 3.05) is 19.0 Å². The fourth-order valence-corrected chi connectivity index (χ4v) is 3.45. The Balaban J connectivity index is 1.91. The van der Waals surface area contributed by atoms with Crippen molar-refractivity contribution in [2.24, 2.45) is 0 Å². The summed E-state index contributed by atoms with van der Waals surface area (Å²) in [6.45, 7) is 3.34. The second-order valence-electron chi connectivity index (χ2n) is 4.60. The first-order valence-electron chi connectivity index (χ1n) is 6.97. The van der Waals surface area contributed by atoms with Crippen molar-refractivity contribution >= 4 is 55.6 Å². The van der Waals surface area contributed by atoms with Crippen LogP contribution in [0.5, 0.6) is 0 Å². The molecule has 2 N–H and O–H groups in total. The van der Waals surface area contributed by atoms with Gasteiger partial charge in [0.15, 0.2) is 5.11 Å². The van der Waals surface area contributed by atoms with Gasteiger partial charge < -0.3 is 15.4 Å². The lowest BCUT2D eigenvalue weighted by Crippen LogP contribution is -2.31. The summed E-state index contributed by atoms with van der Waals surface area (Å²) in [6.07, 6.45) is 4.47. The maximum Gasteiger partial charge on any atom is 0.340 e. The highest BCUT2D eigenvalue weighted by Gasteiger charge is 2.16. The summed E-state index contributed by atoms with van der Waals surface area (Å²) in [5, 5.41) is 11.5. The molecule has 0 saturated carbocycles. The van der Waals surface area contributed by atoms with E-state index in [-0.39, 0.29) is 5.97 Å². The van der Waals surface area contributed by atoms with Crippen molar-refractivity contribution in [3.63, 3.8) is 0 Å². The molecule has 0 aliphatic rings. The van der Waals surface area contributed by atoms with Crippen LogP contribution in [0.4, 0.5) is 5.00 Å². The summed E-state index contributed by atoms with van der Waals surface area (Å²) < 4.78 is 7.55. The zero-order valence-corrected chi connectivity index (χ0v) is 16.0. The largest absolute Gasteiger partial charge is 0.465 e. The zero-order chi connectivity index (χ0) is 16.8. The number of aromatic nitrogens is 2. The summed E-state index contributed by atoms with van der Waals surface area (Å²) >= 11 is 10.1. The monoisotopic (exact) mass is 416 g/mol. The third-order valence-electron chi connectivity index (χ3n) is 2.99. The van der Waals surface area contributed by atoms with Gasteiger partial charge in [0, 0.05) is 17.6 Å². The van der Waals surface area contributed by atoms with E-state index in [9.17, 15) is 4.79 Å².